The number of benzene rings is 1. The van der Waals surface area contributed by atoms with Gasteiger partial charge >= 0.3 is 0 Å². The highest BCUT2D eigenvalue weighted by atomic mass is 16.5. The van der Waals surface area contributed by atoms with Gasteiger partial charge in [0.25, 0.3) is 0 Å². The highest BCUT2D eigenvalue weighted by molar-refractivity contribution is 5.88. The Morgan fingerprint density at radius 2 is 2.35 bits per heavy atom. The highest BCUT2D eigenvalue weighted by Gasteiger charge is 2.41. The lowest BCUT2D eigenvalue weighted by Gasteiger charge is -2.40. The van der Waals surface area contributed by atoms with E-state index in [-0.39, 0.29) is 12.0 Å². The molecule has 1 saturated heterocycles. The second-order valence-corrected chi connectivity index (χ2v) is 5.68. The van der Waals surface area contributed by atoms with Gasteiger partial charge in [0.05, 0.1) is 6.10 Å². The molecule has 1 fully saturated rings. The fourth-order valence-corrected chi connectivity index (χ4v) is 2.85. The zero-order valence-corrected chi connectivity index (χ0v) is 12.3. The lowest BCUT2D eigenvalue weighted by Crippen LogP contribution is -2.56. The minimum Gasteiger partial charge on any atom is -0.378 e. The zero-order valence-electron chi connectivity index (χ0n) is 12.3. The van der Waals surface area contributed by atoms with Crippen LogP contribution in [0.25, 0.3) is 0 Å². The Kier molecular flexibility index (Phi) is 4.65. The molecule has 1 aliphatic rings. The van der Waals surface area contributed by atoms with Crippen LogP contribution in [0.5, 0.6) is 0 Å². The molecule has 20 heavy (non-hydrogen) atoms. The fraction of sp³-hybridized carbons (Fsp3) is 0.562. The van der Waals surface area contributed by atoms with Crippen molar-refractivity contribution < 1.29 is 9.53 Å². The van der Waals surface area contributed by atoms with Crippen molar-refractivity contribution in [2.75, 3.05) is 11.9 Å². The minimum absolute atomic E-state index is 0.110. The Balaban J connectivity index is 2.19. The average molecular weight is 276 g/mol. The molecular formula is C16H24N2O2. The summed E-state index contributed by atoms with van der Waals surface area (Å²) < 4.78 is 5.74. The lowest BCUT2D eigenvalue weighted by molar-refractivity contribution is -0.127. The van der Waals surface area contributed by atoms with Gasteiger partial charge in [0.1, 0.15) is 5.54 Å². The van der Waals surface area contributed by atoms with Crippen LogP contribution in [0.2, 0.25) is 0 Å². The first kappa shape index (κ1) is 14.9. The first-order valence-electron chi connectivity index (χ1n) is 7.32. The maximum absolute atomic E-state index is 12.0. The van der Waals surface area contributed by atoms with Crippen LogP contribution >= 0.6 is 0 Å². The zero-order chi connectivity index (χ0) is 14.6. The van der Waals surface area contributed by atoms with Gasteiger partial charge in [-0.3, -0.25) is 4.79 Å². The molecule has 2 rings (SSSR count). The maximum atomic E-state index is 12.0. The molecule has 4 nitrogen and oxygen atoms in total. The largest absolute Gasteiger partial charge is 0.378 e. The number of nitrogens with two attached hydrogens (primary N) is 1. The number of hydrogen-bond donors (Lipinski definition) is 2. The van der Waals surface area contributed by atoms with Crippen molar-refractivity contribution in [2.45, 2.75) is 51.2 Å². The minimum atomic E-state index is -0.689. The van der Waals surface area contributed by atoms with E-state index < -0.39 is 5.54 Å². The second-order valence-electron chi connectivity index (χ2n) is 5.68. The van der Waals surface area contributed by atoms with E-state index >= 15 is 0 Å². The summed E-state index contributed by atoms with van der Waals surface area (Å²) in [4.78, 5) is 12.0. The van der Waals surface area contributed by atoms with Crippen molar-refractivity contribution in [1.82, 2.24) is 0 Å². The number of aryl methyl sites for hydroxylation is 1. The van der Waals surface area contributed by atoms with Crippen LogP contribution in [0.15, 0.2) is 24.3 Å². The lowest BCUT2D eigenvalue weighted by atomic mass is 9.84. The van der Waals surface area contributed by atoms with Gasteiger partial charge in [-0.15, -0.1) is 0 Å². The van der Waals surface area contributed by atoms with Gasteiger partial charge < -0.3 is 15.8 Å². The number of carbonyl (C=O) groups is 1. The van der Waals surface area contributed by atoms with Gasteiger partial charge in [0.2, 0.25) is 5.91 Å². The molecule has 0 saturated carbocycles. The van der Waals surface area contributed by atoms with E-state index in [9.17, 15) is 4.79 Å². The summed E-state index contributed by atoms with van der Waals surface area (Å²) >= 11 is 0. The summed E-state index contributed by atoms with van der Waals surface area (Å²) in [6.45, 7) is 4.73. The summed E-state index contributed by atoms with van der Waals surface area (Å²) in [5, 5.41) is 3.37. The molecule has 0 bridgehead atoms. The molecular weight excluding hydrogens is 252 g/mol. The van der Waals surface area contributed by atoms with Crippen molar-refractivity contribution in [1.29, 1.82) is 0 Å². The molecule has 0 aromatic heterocycles. The molecule has 1 heterocycles. The van der Waals surface area contributed by atoms with Crippen LogP contribution in [0, 0.1) is 6.92 Å². The topological polar surface area (TPSA) is 64.3 Å². The van der Waals surface area contributed by atoms with E-state index in [4.69, 9.17) is 10.5 Å². The number of hydrogen-bond acceptors (Lipinski definition) is 3. The predicted molar refractivity (Wildman–Crippen MR) is 80.6 cm³/mol. The third kappa shape index (κ3) is 3.31. The number of primary amides is 1. The molecule has 2 atom stereocenters. The van der Waals surface area contributed by atoms with Crippen LogP contribution < -0.4 is 11.1 Å². The molecule has 0 spiro atoms. The number of rotatable bonds is 5. The van der Waals surface area contributed by atoms with E-state index in [1.54, 1.807) is 0 Å². The third-order valence-electron chi connectivity index (χ3n) is 3.94. The van der Waals surface area contributed by atoms with E-state index in [1.807, 2.05) is 31.2 Å². The van der Waals surface area contributed by atoms with Crippen LogP contribution in [-0.4, -0.2) is 24.2 Å². The van der Waals surface area contributed by atoms with E-state index in [1.165, 1.54) is 0 Å². The van der Waals surface area contributed by atoms with E-state index in [0.717, 1.165) is 24.1 Å². The van der Waals surface area contributed by atoms with Gasteiger partial charge in [-0.1, -0.05) is 25.5 Å². The summed E-state index contributed by atoms with van der Waals surface area (Å²) in [7, 11) is 0. The number of anilines is 1. The molecule has 1 aliphatic heterocycles. The van der Waals surface area contributed by atoms with E-state index in [2.05, 4.69) is 12.2 Å². The Bertz CT molecular complexity index is 473. The van der Waals surface area contributed by atoms with Crippen LogP contribution in [-0.2, 0) is 9.53 Å². The van der Waals surface area contributed by atoms with Crippen molar-refractivity contribution in [3.8, 4) is 0 Å². The van der Waals surface area contributed by atoms with Crippen molar-refractivity contribution in [3.63, 3.8) is 0 Å². The Morgan fingerprint density at radius 1 is 1.55 bits per heavy atom. The first-order valence-corrected chi connectivity index (χ1v) is 7.32. The van der Waals surface area contributed by atoms with Crippen molar-refractivity contribution in [2.24, 2.45) is 5.73 Å². The highest BCUT2D eigenvalue weighted by Crippen LogP contribution is 2.31. The number of amides is 1. The molecule has 3 N–H and O–H groups in total. The van der Waals surface area contributed by atoms with Gasteiger partial charge in [-0.2, -0.15) is 0 Å². The van der Waals surface area contributed by atoms with E-state index in [0.29, 0.717) is 19.4 Å². The summed E-state index contributed by atoms with van der Waals surface area (Å²) in [5.41, 5.74) is 7.11. The van der Waals surface area contributed by atoms with Crippen LogP contribution in [0.4, 0.5) is 5.69 Å². The summed E-state index contributed by atoms with van der Waals surface area (Å²) in [5.74, 6) is -0.289. The van der Waals surface area contributed by atoms with Gasteiger partial charge in [-0.05, 0) is 31.0 Å². The molecule has 1 aromatic carbocycles. The predicted octanol–water partition coefficient (Wildman–Crippen LogP) is 2.61. The third-order valence-corrected chi connectivity index (χ3v) is 3.94. The number of ether oxygens (including phenoxy) is 1. The maximum Gasteiger partial charge on any atom is 0.243 e. The molecule has 1 amide bonds. The molecule has 0 radical (unpaired) electrons. The van der Waals surface area contributed by atoms with Gasteiger partial charge in [-0.25, -0.2) is 0 Å². The Morgan fingerprint density at radius 3 is 3.00 bits per heavy atom. The molecule has 0 aliphatic carbocycles. The normalized spacial score (nSPS) is 26.2. The number of carbonyl (C=O) groups excluding carboxylic acids is 1. The Labute approximate surface area is 120 Å². The number of nitrogens with one attached hydrogen (secondary N) is 1. The molecule has 2 unspecified atom stereocenters. The van der Waals surface area contributed by atoms with Gasteiger partial charge in [0.15, 0.2) is 0 Å². The van der Waals surface area contributed by atoms with Crippen LogP contribution in [0.1, 0.15) is 38.2 Å². The van der Waals surface area contributed by atoms with Crippen molar-refractivity contribution >= 4 is 11.6 Å². The molecule has 4 heteroatoms. The summed E-state index contributed by atoms with van der Waals surface area (Å²) in [6, 6.07) is 8.03. The first-order chi connectivity index (χ1) is 9.55. The Hall–Kier alpha value is -1.55. The quantitative estimate of drug-likeness (QED) is 0.869. The second kappa shape index (κ2) is 6.27. The standard InChI is InChI=1S/C16H24N2O2/c1-3-5-14-11-16(15(17)19,8-9-20-14)18-13-7-4-6-12(2)10-13/h4,6-7,10,14,18H,3,5,8-9,11H2,1-2H3,(H2,17,19). The fourth-order valence-electron chi connectivity index (χ4n) is 2.85. The van der Waals surface area contributed by atoms with Gasteiger partial charge in [0, 0.05) is 25.1 Å². The summed E-state index contributed by atoms with van der Waals surface area (Å²) in [6.07, 6.45) is 3.38. The van der Waals surface area contributed by atoms with Crippen molar-refractivity contribution in [3.05, 3.63) is 29.8 Å². The van der Waals surface area contributed by atoms with Crippen LogP contribution in [0.3, 0.4) is 0 Å². The molecule has 1 aromatic rings. The average Bonchev–Trinajstić information content (AvgIpc) is 2.39. The monoisotopic (exact) mass is 276 g/mol. The smallest absolute Gasteiger partial charge is 0.243 e. The SMILES string of the molecule is CCCC1CC(Nc2cccc(C)c2)(C(N)=O)CCO1. The molecule has 110 valence electrons.